The zero-order valence-electron chi connectivity index (χ0n) is 15.7. The van der Waals surface area contributed by atoms with Gasteiger partial charge in [-0.25, -0.2) is 0 Å². The Hall–Kier alpha value is -2.80. The van der Waals surface area contributed by atoms with E-state index in [-0.39, 0.29) is 5.91 Å². The van der Waals surface area contributed by atoms with Crippen molar-refractivity contribution in [2.75, 3.05) is 46.7 Å². The third-order valence-corrected chi connectivity index (χ3v) is 3.75. The van der Waals surface area contributed by atoms with Crippen LogP contribution in [0.2, 0.25) is 0 Å². The smallest absolute Gasteiger partial charge is 0.269 e. The third kappa shape index (κ3) is 5.63. The predicted octanol–water partition coefficient (Wildman–Crippen LogP) is 2.52. The second-order valence-electron chi connectivity index (χ2n) is 6.03. The van der Waals surface area contributed by atoms with Crippen molar-refractivity contribution < 1.29 is 14.3 Å². The summed E-state index contributed by atoms with van der Waals surface area (Å²) < 4.78 is 10.6. The summed E-state index contributed by atoms with van der Waals surface area (Å²) in [6.07, 6.45) is 2.49. The number of amides is 1. The van der Waals surface area contributed by atoms with Gasteiger partial charge in [0.25, 0.3) is 5.91 Å². The van der Waals surface area contributed by atoms with Crippen LogP contribution in [-0.2, 0) is 0 Å². The molecule has 0 spiro atoms. The molecule has 0 aliphatic heterocycles. The zero-order valence-corrected chi connectivity index (χ0v) is 15.7. The van der Waals surface area contributed by atoms with Crippen molar-refractivity contribution in [1.29, 1.82) is 0 Å². The monoisotopic (exact) mass is 358 g/mol. The van der Waals surface area contributed by atoms with Crippen molar-refractivity contribution in [3.05, 3.63) is 42.2 Å². The Morgan fingerprint density at radius 1 is 1.15 bits per heavy atom. The maximum Gasteiger partial charge on any atom is 0.269 e. The van der Waals surface area contributed by atoms with Crippen LogP contribution in [0.25, 0.3) is 0 Å². The highest BCUT2D eigenvalue weighted by Gasteiger charge is 2.10. The average Bonchev–Trinajstić information content (AvgIpc) is 2.65. The fraction of sp³-hybridized carbons (Fsp3) is 0.368. The number of ether oxygens (including phenoxy) is 2. The Kier molecular flexibility index (Phi) is 7.23. The quantitative estimate of drug-likeness (QED) is 0.671. The van der Waals surface area contributed by atoms with Gasteiger partial charge < -0.3 is 25.0 Å². The van der Waals surface area contributed by atoms with Crippen molar-refractivity contribution >= 4 is 17.3 Å². The Morgan fingerprint density at radius 3 is 2.65 bits per heavy atom. The maximum atomic E-state index is 12.3. The van der Waals surface area contributed by atoms with Gasteiger partial charge in [0.2, 0.25) is 0 Å². The first-order valence-corrected chi connectivity index (χ1v) is 8.41. The van der Waals surface area contributed by atoms with E-state index in [1.54, 1.807) is 32.5 Å². The molecule has 0 saturated carbocycles. The second-order valence-corrected chi connectivity index (χ2v) is 6.03. The summed E-state index contributed by atoms with van der Waals surface area (Å²) in [5, 5.41) is 6.13. The molecule has 0 radical (unpaired) electrons. The molecule has 1 aromatic carbocycles. The van der Waals surface area contributed by atoms with Crippen LogP contribution in [0.4, 0.5) is 11.4 Å². The molecule has 26 heavy (non-hydrogen) atoms. The first-order valence-electron chi connectivity index (χ1n) is 8.41. The van der Waals surface area contributed by atoms with Crippen LogP contribution in [-0.4, -0.2) is 57.2 Å². The van der Waals surface area contributed by atoms with Gasteiger partial charge >= 0.3 is 0 Å². The van der Waals surface area contributed by atoms with E-state index in [4.69, 9.17) is 9.47 Å². The molecule has 0 unspecified atom stereocenters. The lowest BCUT2D eigenvalue weighted by molar-refractivity contribution is 0.0947. The van der Waals surface area contributed by atoms with Gasteiger partial charge in [-0.3, -0.25) is 9.78 Å². The number of carbonyl (C=O) groups excluding carboxylic acids is 1. The summed E-state index contributed by atoms with van der Waals surface area (Å²) in [7, 11) is 7.22. The molecule has 0 atom stereocenters. The highest BCUT2D eigenvalue weighted by molar-refractivity contribution is 5.93. The molecular weight excluding hydrogens is 332 g/mol. The van der Waals surface area contributed by atoms with Crippen molar-refractivity contribution in [3.63, 3.8) is 0 Å². The maximum absolute atomic E-state index is 12.3. The summed E-state index contributed by atoms with van der Waals surface area (Å²) in [4.78, 5) is 18.5. The molecule has 0 saturated heterocycles. The summed E-state index contributed by atoms with van der Waals surface area (Å²) in [6.45, 7) is 1.53. The number of carbonyl (C=O) groups is 1. The van der Waals surface area contributed by atoms with Crippen molar-refractivity contribution in [2.45, 2.75) is 6.42 Å². The van der Waals surface area contributed by atoms with Gasteiger partial charge in [-0.2, -0.15) is 0 Å². The number of aromatic nitrogens is 1. The molecule has 140 valence electrons. The highest BCUT2D eigenvalue weighted by Crippen LogP contribution is 2.31. The standard InChI is InChI=1S/C19H26N4O3/c1-23(2)11-5-9-21-19(24)17-12-14(8-10-20-17)22-16-13-15(25-3)6-7-18(16)26-4/h6-8,10,12-13H,5,9,11H2,1-4H3,(H,20,22)(H,21,24). The summed E-state index contributed by atoms with van der Waals surface area (Å²) in [6, 6.07) is 8.98. The van der Waals surface area contributed by atoms with Crippen molar-refractivity contribution in [3.8, 4) is 11.5 Å². The van der Waals surface area contributed by atoms with Crippen LogP contribution in [0.3, 0.4) is 0 Å². The number of pyridine rings is 1. The molecule has 7 nitrogen and oxygen atoms in total. The van der Waals surface area contributed by atoms with Gasteiger partial charge in [-0.05, 0) is 51.3 Å². The normalized spacial score (nSPS) is 10.5. The molecule has 1 heterocycles. The fourth-order valence-electron chi connectivity index (χ4n) is 2.39. The number of hydrogen-bond acceptors (Lipinski definition) is 6. The van der Waals surface area contributed by atoms with E-state index < -0.39 is 0 Å². The molecule has 0 aliphatic rings. The lowest BCUT2D eigenvalue weighted by atomic mass is 10.2. The minimum Gasteiger partial charge on any atom is -0.497 e. The Bertz CT molecular complexity index is 734. The molecule has 0 bridgehead atoms. The minimum absolute atomic E-state index is 0.190. The van der Waals surface area contributed by atoms with E-state index in [1.165, 1.54) is 0 Å². The van der Waals surface area contributed by atoms with E-state index >= 15 is 0 Å². The SMILES string of the molecule is COc1ccc(OC)c(Nc2ccnc(C(=O)NCCCN(C)C)c2)c1. The van der Waals surface area contributed by atoms with Crippen LogP contribution in [0.15, 0.2) is 36.5 Å². The summed E-state index contributed by atoms with van der Waals surface area (Å²) in [5.41, 5.74) is 1.85. The van der Waals surface area contributed by atoms with Crippen LogP contribution in [0.1, 0.15) is 16.9 Å². The topological polar surface area (TPSA) is 75.7 Å². The predicted molar refractivity (Wildman–Crippen MR) is 103 cm³/mol. The van der Waals surface area contributed by atoms with Gasteiger partial charge in [0.1, 0.15) is 17.2 Å². The van der Waals surface area contributed by atoms with E-state index in [1.807, 2.05) is 32.3 Å². The number of rotatable bonds is 9. The van der Waals surface area contributed by atoms with E-state index in [9.17, 15) is 4.79 Å². The van der Waals surface area contributed by atoms with E-state index in [0.717, 1.165) is 24.3 Å². The number of nitrogens with one attached hydrogen (secondary N) is 2. The van der Waals surface area contributed by atoms with Crippen LogP contribution in [0.5, 0.6) is 11.5 Å². The average molecular weight is 358 g/mol. The van der Waals surface area contributed by atoms with Gasteiger partial charge in [-0.1, -0.05) is 0 Å². The Labute approximate surface area is 154 Å². The molecule has 0 aliphatic carbocycles. The Morgan fingerprint density at radius 2 is 1.96 bits per heavy atom. The number of anilines is 2. The molecular formula is C19H26N4O3. The highest BCUT2D eigenvalue weighted by atomic mass is 16.5. The first kappa shape index (κ1) is 19.5. The van der Waals surface area contributed by atoms with Gasteiger partial charge in [0.15, 0.2) is 0 Å². The van der Waals surface area contributed by atoms with Crippen LogP contribution < -0.4 is 20.1 Å². The molecule has 1 aromatic heterocycles. The molecule has 2 rings (SSSR count). The van der Waals surface area contributed by atoms with Gasteiger partial charge in [0, 0.05) is 24.5 Å². The fourth-order valence-corrected chi connectivity index (χ4v) is 2.39. The van der Waals surface area contributed by atoms with Gasteiger partial charge in [-0.15, -0.1) is 0 Å². The first-order chi connectivity index (χ1) is 12.5. The Balaban J connectivity index is 2.06. The number of benzene rings is 1. The van der Waals surface area contributed by atoms with Crippen molar-refractivity contribution in [2.24, 2.45) is 0 Å². The molecule has 1 amide bonds. The lowest BCUT2D eigenvalue weighted by Gasteiger charge is -2.13. The molecule has 2 aromatic rings. The lowest BCUT2D eigenvalue weighted by Crippen LogP contribution is -2.27. The van der Waals surface area contributed by atoms with Gasteiger partial charge in [0.05, 0.1) is 19.9 Å². The number of methoxy groups -OCH3 is 2. The summed E-state index contributed by atoms with van der Waals surface area (Å²) >= 11 is 0. The van der Waals surface area contributed by atoms with Crippen LogP contribution in [0, 0.1) is 0 Å². The second kappa shape index (κ2) is 9.62. The largest absolute Gasteiger partial charge is 0.497 e. The zero-order chi connectivity index (χ0) is 18.9. The molecule has 2 N–H and O–H groups in total. The number of hydrogen-bond donors (Lipinski definition) is 2. The van der Waals surface area contributed by atoms with E-state index in [2.05, 4.69) is 20.5 Å². The minimum atomic E-state index is -0.190. The number of nitrogens with zero attached hydrogens (tertiary/aromatic N) is 2. The third-order valence-electron chi connectivity index (χ3n) is 3.75. The van der Waals surface area contributed by atoms with E-state index in [0.29, 0.717) is 23.7 Å². The molecule has 7 heteroatoms. The van der Waals surface area contributed by atoms with Crippen LogP contribution >= 0.6 is 0 Å². The summed E-state index contributed by atoms with van der Waals surface area (Å²) in [5.74, 6) is 1.20. The molecule has 0 fully saturated rings. The van der Waals surface area contributed by atoms with Crippen molar-refractivity contribution in [1.82, 2.24) is 15.2 Å².